The molecule has 1 aromatic carbocycles. The van der Waals surface area contributed by atoms with Gasteiger partial charge in [-0.05, 0) is 24.1 Å². The monoisotopic (exact) mass is 277 g/mol. The van der Waals surface area contributed by atoms with Crippen LogP contribution in [0.15, 0.2) is 24.3 Å². The van der Waals surface area contributed by atoms with E-state index in [0.717, 1.165) is 12.1 Å². The molecule has 1 unspecified atom stereocenters. The molecule has 0 fully saturated rings. The lowest BCUT2D eigenvalue weighted by Crippen LogP contribution is -2.39. The summed E-state index contributed by atoms with van der Waals surface area (Å²) in [6.07, 6.45) is 0.934. The van der Waals surface area contributed by atoms with E-state index in [0.29, 0.717) is 0 Å². The molecule has 0 aliphatic carbocycles. The fourth-order valence-electron chi connectivity index (χ4n) is 1.90. The van der Waals surface area contributed by atoms with Crippen molar-refractivity contribution in [3.8, 4) is 0 Å². The summed E-state index contributed by atoms with van der Waals surface area (Å²) < 4.78 is 0. The Labute approximate surface area is 120 Å². The number of rotatable bonds is 6. The van der Waals surface area contributed by atoms with E-state index in [1.165, 1.54) is 5.56 Å². The van der Waals surface area contributed by atoms with Gasteiger partial charge in [0.25, 0.3) is 0 Å². The second-order valence-corrected chi connectivity index (χ2v) is 5.36. The molecule has 1 aromatic rings. The standard InChI is InChI=1S/C16H23NO3/c1-5-13-6-8-14(9-7-13)17(15(18)11(2)3)10-12(4)16(19)20/h6-9,11-12H,5,10H2,1-4H3,(H,19,20). The van der Waals surface area contributed by atoms with E-state index in [2.05, 4.69) is 6.92 Å². The molecule has 0 saturated carbocycles. The SMILES string of the molecule is CCc1ccc(N(CC(C)C(=O)O)C(=O)C(C)C)cc1. The van der Waals surface area contributed by atoms with Gasteiger partial charge in [-0.3, -0.25) is 9.59 Å². The second kappa shape index (κ2) is 7.08. The zero-order valence-electron chi connectivity index (χ0n) is 12.6. The molecule has 4 heteroatoms. The van der Waals surface area contributed by atoms with Gasteiger partial charge in [-0.1, -0.05) is 39.8 Å². The van der Waals surface area contributed by atoms with E-state index in [-0.39, 0.29) is 18.4 Å². The Kier molecular flexibility index (Phi) is 5.74. The van der Waals surface area contributed by atoms with Crippen LogP contribution < -0.4 is 4.90 Å². The van der Waals surface area contributed by atoms with Crippen LogP contribution in [0, 0.1) is 11.8 Å². The number of carbonyl (C=O) groups excluding carboxylic acids is 1. The van der Waals surface area contributed by atoms with Crippen LogP contribution in [0.3, 0.4) is 0 Å². The summed E-state index contributed by atoms with van der Waals surface area (Å²) in [5.41, 5.74) is 1.95. The highest BCUT2D eigenvalue weighted by Crippen LogP contribution is 2.20. The summed E-state index contributed by atoms with van der Waals surface area (Å²) in [5, 5.41) is 9.04. The van der Waals surface area contributed by atoms with E-state index >= 15 is 0 Å². The summed E-state index contributed by atoms with van der Waals surface area (Å²) >= 11 is 0. The lowest BCUT2D eigenvalue weighted by atomic mass is 10.1. The fraction of sp³-hybridized carbons (Fsp3) is 0.500. The topological polar surface area (TPSA) is 57.6 Å². The predicted molar refractivity (Wildman–Crippen MR) is 79.8 cm³/mol. The van der Waals surface area contributed by atoms with Crippen LogP contribution in [-0.2, 0) is 16.0 Å². The molecule has 1 atom stereocenters. The maximum absolute atomic E-state index is 12.3. The highest BCUT2D eigenvalue weighted by Gasteiger charge is 2.23. The number of nitrogens with zero attached hydrogens (tertiary/aromatic N) is 1. The Morgan fingerprint density at radius 3 is 2.10 bits per heavy atom. The summed E-state index contributed by atoms with van der Waals surface area (Å²) in [4.78, 5) is 24.9. The third kappa shape index (κ3) is 4.08. The van der Waals surface area contributed by atoms with Crippen LogP contribution in [0.4, 0.5) is 5.69 Å². The number of carboxylic acids is 1. The lowest BCUT2D eigenvalue weighted by Gasteiger charge is -2.26. The third-order valence-corrected chi connectivity index (χ3v) is 3.29. The summed E-state index contributed by atoms with van der Waals surface area (Å²) in [6.45, 7) is 7.52. The number of aliphatic carboxylic acids is 1. The van der Waals surface area contributed by atoms with Gasteiger partial charge in [0, 0.05) is 18.2 Å². The first kappa shape index (κ1) is 16.2. The van der Waals surface area contributed by atoms with Gasteiger partial charge in [0.05, 0.1) is 5.92 Å². The number of hydrogen-bond acceptors (Lipinski definition) is 2. The van der Waals surface area contributed by atoms with E-state index < -0.39 is 11.9 Å². The van der Waals surface area contributed by atoms with Crippen LogP contribution in [0.25, 0.3) is 0 Å². The summed E-state index contributed by atoms with van der Waals surface area (Å²) in [5.74, 6) is -1.70. The molecule has 0 heterocycles. The highest BCUT2D eigenvalue weighted by molar-refractivity contribution is 5.95. The van der Waals surface area contributed by atoms with Crippen LogP contribution in [-0.4, -0.2) is 23.5 Å². The van der Waals surface area contributed by atoms with Crippen LogP contribution >= 0.6 is 0 Å². The van der Waals surface area contributed by atoms with Crippen molar-refractivity contribution in [2.24, 2.45) is 11.8 Å². The van der Waals surface area contributed by atoms with Gasteiger partial charge in [0.15, 0.2) is 0 Å². The Balaban J connectivity index is 3.02. The number of carboxylic acid groups (broad SMARTS) is 1. The van der Waals surface area contributed by atoms with E-state index in [4.69, 9.17) is 5.11 Å². The van der Waals surface area contributed by atoms with Crippen molar-refractivity contribution in [1.82, 2.24) is 0 Å². The molecule has 110 valence electrons. The maximum atomic E-state index is 12.3. The molecule has 1 N–H and O–H groups in total. The minimum absolute atomic E-state index is 0.0534. The first-order valence-electron chi connectivity index (χ1n) is 6.99. The minimum Gasteiger partial charge on any atom is -0.481 e. The zero-order chi connectivity index (χ0) is 15.3. The van der Waals surface area contributed by atoms with E-state index in [9.17, 15) is 9.59 Å². The number of aryl methyl sites for hydroxylation is 1. The molecule has 0 spiro atoms. The normalized spacial score (nSPS) is 12.2. The van der Waals surface area contributed by atoms with Crippen molar-refractivity contribution in [2.75, 3.05) is 11.4 Å². The maximum Gasteiger partial charge on any atom is 0.308 e. The largest absolute Gasteiger partial charge is 0.481 e. The highest BCUT2D eigenvalue weighted by atomic mass is 16.4. The first-order chi connectivity index (χ1) is 9.36. The molecule has 4 nitrogen and oxygen atoms in total. The van der Waals surface area contributed by atoms with Crippen molar-refractivity contribution in [2.45, 2.75) is 34.1 Å². The van der Waals surface area contributed by atoms with Crippen LogP contribution in [0.1, 0.15) is 33.3 Å². The third-order valence-electron chi connectivity index (χ3n) is 3.29. The van der Waals surface area contributed by atoms with E-state index in [1.54, 1.807) is 11.8 Å². The van der Waals surface area contributed by atoms with Crippen LogP contribution in [0.2, 0.25) is 0 Å². The van der Waals surface area contributed by atoms with Gasteiger partial charge < -0.3 is 10.0 Å². The Morgan fingerprint density at radius 2 is 1.70 bits per heavy atom. The Hall–Kier alpha value is -1.84. The molecule has 1 rings (SSSR count). The second-order valence-electron chi connectivity index (χ2n) is 5.36. The molecule has 0 aliphatic heterocycles. The number of anilines is 1. The average molecular weight is 277 g/mol. The van der Waals surface area contributed by atoms with Crippen molar-refractivity contribution in [3.05, 3.63) is 29.8 Å². The number of benzene rings is 1. The molecular formula is C16H23NO3. The van der Waals surface area contributed by atoms with Crippen molar-refractivity contribution >= 4 is 17.6 Å². The summed E-state index contributed by atoms with van der Waals surface area (Å²) in [7, 11) is 0. The molecule has 0 aromatic heterocycles. The zero-order valence-corrected chi connectivity index (χ0v) is 12.6. The molecule has 1 amide bonds. The van der Waals surface area contributed by atoms with Crippen LogP contribution in [0.5, 0.6) is 0 Å². The molecular weight excluding hydrogens is 254 g/mol. The smallest absolute Gasteiger partial charge is 0.308 e. The van der Waals surface area contributed by atoms with Crippen molar-refractivity contribution < 1.29 is 14.7 Å². The van der Waals surface area contributed by atoms with Gasteiger partial charge in [-0.15, -0.1) is 0 Å². The van der Waals surface area contributed by atoms with Gasteiger partial charge in [-0.25, -0.2) is 0 Å². The molecule has 0 bridgehead atoms. The average Bonchev–Trinajstić information content (AvgIpc) is 2.43. The molecule has 0 saturated heterocycles. The van der Waals surface area contributed by atoms with Gasteiger partial charge >= 0.3 is 5.97 Å². The van der Waals surface area contributed by atoms with Gasteiger partial charge in [0.2, 0.25) is 5.91 Å². The lowest BCUT2D eigenvalue weighted by molar-refractivity contribution is -0.140. The van der Waals surface area contributed by atoms with Gasteiger partial charge in [-0.2, -0.15) is 0 Å². The van der Waals surface area contributed by atoms with Crippen molar-refractivity contribution in [3.63, 3.8) is 0 Å². The van der Waals surface area contributed by atoms with Crippen molar-refractivity contribution in [1.29, 1.82) is 0 Å². The molecule has 20 heavy (non-hydrogen) atoms. The Bertz CT molecular complexity index is 465. The van der Waals surface area contributed by atoms with Gasteiger partial charge in [0.1, 0.15) is 0 Å². The number of amides is 1. The predicted octanol–water partition coefficient (Wildman–Crippen LogP) is 2.96. The first-order valence-corrected chi connectivity index (χ1v) is 6.99. The Morgan fingerprint density at radius 1 is 1.15 bits per heavy atom. The molecule has 0 aliphatic rings. The van der Waals surface area contributed by atoms with E-state index in [1.807, 2.05) is 38.1 Å². The quantitative estimate of drug-likeness (QED) is 0.869. The fourth-order valence-corrected chi connectivity index (χ4v) is 1.90. The molecule has 0 radical (unpaired) electrons. The number of carbonyl (C=O) groups is 2. The minimum atomic E-state index is -0.892. The number of hydrogen-bond donors (Lipinski definition) is 1. The summed E-state index contributed by atoms with van der Waals surface area (Å²) in [6, 6.07) is 7.71.